The topological polar surface area (TPSA) is 51.0 Å². The van der Waals surface area contributed by atoms with Crippen molar-refractivity contribution in [2.45, 2.75) is 33.6 Å². The number of hydrogen-bond donors (Lipinski definition) is 0. The summed E-state index contributed by atoms with van der Waals surface area (Å²) in [6.45, 7) is 6.15. The standard InChI is InChI=1S/C21H24N2O2/c1-4-25-21(24)15-14-20(23-18-11-6-5-7-12-18)17(3)22-19-13-9-8-10-16(19)2/h5-13H,4,14-15H2,1-3H3. The maximum Gasteiger partial charge on any atom is 0.306 e. The number of rotatable bonds is 7. The molecule has 0 amide bonds. The largest absolute Gasteiger partial charge is 0.466 e. The van der Waals surface area contributed by atoms with Gasteiger partial charge in [-0.05, 0) is 44.5 Å². The van der Waals surface area contributed by atoms with Crippen LogP contribution in [-0.2, 0) is 9.53 Å². The van der Waals surface area contributed by atoms with Crippen molar-refractivity contribution in [3.05, 3.63) is 60.2 Å². The van der Waals surface area contributed by atoms with E-state index < -0.39 is 0 Å². The number of ether oxygens (including phenoxy) is 1. The summed E-state index contributed by atoms with van der Waals surface area (Å²) < 4.78 is 5.03. The molecule has 2 aromatic rings. The molecular formula is C21H24N2O2. The monoisotopic (exact) mass is 336 g/mol. The van der Waals surface area contributed by atoms with Crippen molar-refractivity contribution in [2.24, 2.45) is 9.98 Å². The Kier molecular flexibility index (Phi) is 7.08. The molecule has 0 aliphatic heterocycles. The van der Waals surface area contributed by atoms with Gasteiger partial charge in [-0.25, -0.2) is 0 Å². The lowest BCUT2D eigenvalue weighted by molar-refractivity contribution is -0.142. The minimum Gasteiger partial charge on any atom is -0.466 e. The molecular weight excluding hydrogens is 312 g/mol. The molecule has 0 aliphatic carbocycles. The van der Waals surface area contributed by atoms with Gasteiger partial charge < -0.3 is 4.74 Å². The molecule has 0 unspecified atom stereocenters. The highest BCUT2D eigenvalue weighted by molar-refractivity contribution is 6.42. The van der Waals surface area contributed by atoms with Crippen molar-refractivity contribution < 1.29 is 9.53 Å². The van der Waals surface area contributed by atoms with Gasteiger partial charge in [0.1, 0.15) is 0 Å². The molecule has 0 heterocycles. The van der Waals surface area contributed by atoms with Crippen LogP contribution < -0.4 is 0 Å². The molecule has 0 saturated carbocycles. The van der Waals surface area contributed by atoms with Crippen LogP contribution in [0.2, 0.25) is 0 Å². The Bertz CT molecular complexity index is 764. The van der Waals surface area contributed by atoms with E-state index in [4.69, 9.17) is 14.7 Å². The van der Waals surface area contributed by atoms with Gasteiger partial charge in [-0.3, -0.25) is 14.8 Å². The van der Waals surface area contributed by atoms with Gasteiger partial charge in [0, 0.05) is 6.42 Å². The van der Waals surface area contributed by atoms with Crippen molar-refractivity contribution in [1.29, 1.82) is 0 Å². The van der Waals surface area contributed by atoms with Gasteiger partial charge in [-0.2, -0.15) is 0 Å². The Hall–Kier alpha value is -2.75. The summed E-state index contributed by atoms with van der Waals surface area (Å²) in [4.78, 5) is 21.1. The Morgan fingerprint density at radius 3 is 2.32 bits per heavy atom. The van der Waals surface area contributed by atoms with E-state index >= 15 is 0 Å². The molecule has 0 bridgehead atoms. The summed E-state index contributed by atoms with van der Waals surface area (Å²) in [6, 6.07) is 17.7. The molecule has 2 aromatic carbocycles. The predicted octanol–water partition coefficient (Wildman–Crippen LogP) is 5.20. The summed E-state index contributed by atoms with van der Waals surface area (Å²) in [5.41, 5.74) is 4.47. The van der Waals surface area contributed by atoms with Gasteiger partial charge in [0.05, 0.1) is 35.8 Å². The Balaban J connectivity index is 2.28. The van der Waals surface area contributed by atoms with Crippen molar-refractivity contribution in [1.82, 2.24) is 0 Å². The van der Waals surface area contributed by atoms with Crippen LogP contribution in [0.1, 0.15) is 32.3 Å². The average Bonchev–Trinajstić information content (AvgIpc) is 2.61. The summed E-state index contributed by atoms with van der Waals surface area (Å²) in [7, 11) is 0. The van der Waals surface area contributed by atoms with E-state index in [1.165, 1.54) is 0 Å². The Morgan fingerprint density at radius 1 is 0.960 bits per heavy atom. The zero-order chi connectivity index (χ0) is 18.1. The van der Waals surface area contributed by atoms with Crippen molar-refractivity contribution >= 4 is 28.8 Å². The number of benzene rings is 2. The maximum atomic E-state index is 11.7. The summed E-state index contributed by atoms with van der Waals surface area (Å²) in [5, 5.41) is 0. The van der Waals surface area contributed by atoms with Crippen LogP contribution in [0.5, 0.6) is 0 Å². The molecule has 0 saturated heterocycles. The number of esters is 1. The van der Waals surface area contributed by atoms with Gasteiger partial charge >= 0.3 is 5.97 Å². The molecule has 0 aromatic heterocycles. The Labute approximate surface area is 149 Å². The third kappa shape index (κ3) is 5.99. The fraction of sp³-hybridized carbons (Fsp3) is 0.286. The third-order valence-corrected chi connectivity index (χ3v) is 3.71. The second-order valence-corrected chi connectivity index (χ2v) is 5.68. The second-order valence-electron chi connectivity index (χ2n) is 5.68. The van der Waals surface area contributed by atoms with Gasteiger partial charge in [-0.1, -0.05) is 36.4 Å². The molecule has 0 N–H and O–H groups in total. The molecule has 130 valence electrons. The number of para-hydroxylation sites is 2. The summed E-state index contributed by atoms with van der Waals surface area (Å²) in [5.74, 6) is -0.216. The molecule has 0 radical (unpaired) electrons. The van der Waals surface area contributed by atoms with Crippen molar-refractivity contribution in [3.63, 3.8) is 0 Å². The van der Waals surface area contributed by atoms with Crippen LogP contribution in [0.4, 0.5) is 11.4 Å². The number of aryl methyl sites for hydroxylation is 1. The van der Waals surface area contributed by atoms with E-state index in [0.717, 1.165) is 28.4 Å². The number of carbonyl (C=O) groups is 1. The smallest absolute Gasteiger partial charge is 0.306 e. The van der Waals surface area contributed by atoms with Gasteiger partial charge in [-0.15, -0.1) is 0 Å². The molecule has 0 spiro atoms. The van der Waals surface area contributed by atoms with Gasteiger partial charge in [0.15, 0.2) is 0 Å². The van der Waals surface area contributed by atoms with Crippen LogP contribution in [0, 0.1) is 6.92 Å². The summed E-state index contributed by atoms with van der Waals surface area (Å²) >= 11 is 0. The molecule has 4 nitrogen and oxygen atoms in total. The number of carbonyl (C=O) groups excluding carboxylic acids is 1. The van der Waals surface area contributed by atoms with Crippen LogP contribution in [0.15, 0.2) is 64.6 Å². The van der Waals surface area contributed by atoms with Gasteiger partial charge in [0.25, 0.3) is 0 Å². The van der Waals surface area contributed by atoms with E-state index in [2.05, 4.69) is 0 Å². The lowest BCUT2D eigenvalue weighted by atomic mass is 10.1. The van der Waals surface area contributed by atoms with E-state index in [-0.39, 0.29) is 5.97 Å². The SMILES string of the molecule is CCOC(=O)CCC(=Nc1ccccc1)C(C)=Nc1ccccc1C. The fourth-order valence-corrected chi connectivity index (χ4v) is 2.36. The van der Waals surface area contributed by atoms with Crippen molar-refractivity contribution in [2.75, 3.05) is 6.61 Å². The predicted molar refractivity (Wildman–Crippen MR) is 103 cm³/mol. The first kappa shape index (κ1) is 18.6. The lowest BCUT2D eigenvalue weighted by Crippen LogP contribution is -2.14. The van der Waals surface area contributed by atoms with Crippen LogP contribution in [0.3, 0.4) is 0 Å². The first-order chi connectivity index (χ1) is 12.1. The van der Waals surface area contributed by atoms with Crippen LogP contribution >= 0.6 is 0 Å². The lowest BCUT2D eigenvalue weighted by Gasteiger charge is -2.08. The average molecular weight is 336 g/mol. The molecule has 0 atom stereocenters. The number of aliphatic imine (C=N–C) groups is 2. The van der Waals surface area contributed by atoms with E-state index in [1.54, 1.807) is 0 Å². The second kappa shape index (κ2) is 9.52. The number of nitrogens with zero attached hydrogens (tertiary/aromatic N) is 2. The summed E-state index contributed by atoms with van der Waals surface area (Å²) in [6.07, 6.45) is 0.787. The highest BCUT2D eigenvalue weighted by Crippen LogP contribution is 2.19. The third-order valence-electron chi connectivity index (χ3n) is 3.71. The zero-order valence-corrected chi connectivity index (χ0v) is 15.0. The van der Waals surface area contributed by atoms with Crippen molar-refractivity contribution in [3.8, 4) is 0 Å². The maximum absolute atomic E-state index is 11.7. The highest BCUT2D eigenvalue weighted by Gasteiger charge is 2.10. The zero-order valence-electron chi connectivity index (χ0n) is 15.0. The first-order valence-electron chi connectivity index (χ1n) is 8.49. The molecule has 0 fully saturated rings. The Morgan fingerprint density at radius 2 is 1.64 bits per heavy atom. The fourth-order valence-electron chi connectivity index (χ4n) is 2.36. The quantitative estimate of drug-likeness (QED) is 0.515. The van der Waals surface area contributed by atoms with Crippen LogP contribution in [0.25, 0.3) is 0 Å². The number of hydrogen-bond acceptors (Lipinski definition) is 4. The molecule has 0 aliphatic rings. The van der Waals surface area contributed by atoms with E-state index in [9.17, 15) is 4.79 Å². The molecule has 25 heavy (non-hydrogen) atoms. The minimum atomic E-state index is -0.216. The minimum absolute atomic E-state index is 0.216. The highest BCUT2D eigenvalue weighted by atomic mass is 16.5. The normalized spacial score (nSPS) is 12.1. The first-order valence-corrected chi connectivity index (χ1v) is 8.49. The van der Waals surface area contributed by atoms with Crippen LogP contribution in [-0.4, -0.2) is 24.0 Å². The van der Waals surface area contributed by atoms with E-state index in [1.807, 2.05) is 75.4 Å². The van der Waals surface area contributed by atoms with E-state index in [0.29, 0.717) is 19.4 Å². The molecule has 2 rings (SSSR count). The molecule has 4 heteroatoms. The van der Waals surface area contributed by atoms with Gasteiger partial charge in [0.2, 0.25) is 0 Å².